The molecule has 0 N–H and O–H groups in total. The average Bonchev–Trinajstić information content (AvgIpc) is 3.21. The molecule has 0 bridgehead atoms. The fraction of sp³-hybridized carbons (Fsp3) is 0. The molecule has 0 saturated carbocycles. The maximum absolute atomic E-state index is 5.02. The van der Waals surface area contributed by atoms with Gasteiger partial charge in [0.2, 0.25) is 0 Å². The van der Waals surface area contributed by atoms with Crippen molar-refractivity contribution in [1.82, 2.24) is 19.9 Å². The zero-order valence-corrected chi connectivity index (χ0v) is 27.1. The lowest BCUT2D eigenvalue weighted by molar-refractivity contribution is 1.07. The molecular formula is C46H30N4. The van der Waals surface area contributed by atoms with E-state index in [1.54, 1.807) is 0 Å². The van der Waals surface area contributed by atoms with Crippen LogP contribution in [-0.2, 0) is 0 Å². The summed E-state index contributed by atoms with van der Waals surface area (Å²) in [4.78, 5) is 19.4. The molecule has 0 aliphatic rings. The summed E-state index contributed by atoms with van der Waals surface area (Å²) in [6.45, 7) is 0. The van der Waals surface area contributed by atoms with Gasteiger partial charge in [-0.25, -0.2) is 15.0 Å². The first-order chi connectivity index (χ1) is 24.8. The Bertz CT molecular complexity index is 2540. The van der Waals surface area contributed by atoms with Crippen molar-refractivity contribution in [2.75, 3.05) is 0 Å². The number of aromatic nitrogens is 4. The van der Waals surface area contributed by atoms with E-state index >= 15 is 0 Å². The van der Waals surface area contributed by atoms with Gasteiger partial charge in [-0.05, 0) is 55.4 Å². The van der Waals surface area contributed by atoms with Crippen LogP contribution in [0.4, 0.5) is 0 Å². The van der Waals surface area contributed by atoms with Crippen LogP contribution in [0.3, 0.4) is 0 Å². The standard InChI is InChI=1S/C46H30N4/c1-3-12-31(13-4-1)32-21-25-35(26-22-32)45-48-44(34-14-5-2-6-15-34)49-46(50-45)36-27-23-33(24-28-36)42-38-17-7-9-19-40(38)43(37-16-11-29-47-30-37)41-20-10-8-18-39(41)42/h1-30H. The lowest BCUT2D eigenvalue weighted by Crippen LogP contribution is -2.00. The largest absolute Gasteiger partial charge is 0.264 e. The Morgan fingerprint density at radius 1 is 0.260 bits per heavy atom. The molecule has 0 radical (unpaired) electrons. The minimum Gasteiger partial charge on any atom is -0.264 e. The Balaban J connectivity index is 1.16. The first kappa shape index (κ1) is 29.4. The molecule has 9 rings (SSSR count). The second-order valence-electron chi connectivity index (χ2n) is 12.3. The molecule has 4 nitrogen and oxygen atoms in total. The summed E-state index contributed by atoms with van der Waals surface area (Å²) in [6.07, 6.45) is 3.77. The van der Waals surface area contributed by atoms with Gasteiger partial charge in [0.15, 0.2) is 17.5 Å². The summed E-state index contributed by atoms with van der Waals surface area (Å²) in [5, 5.41) is 4.80. The Hall–Kier alpha value is -6.78. The fourth-order valence-corrected chi connectivity index (χ4v) is 6.84. The monoisotopic (exact) mass is 638 g/mol. The van der Waals surface area contributed by atoms with Crippen molar-refractivity contribution in [3.8, 4) is 67.5 Å². The van der Waals surface area contributed by atoms with Gasteiger partial charge in [0, 0.05) is 34.6 Å². The summed E-state index contributed by atoms with van der Waals surface area (Å²) < 4.78 is 0. The average molecular weight is 639 g/mol. The van der Waals surface area contributed by atoms with E-state index in [-0.39, 0.29) is 0 Å². The van der Waals surface area contributed by atoms with Gasteiger partial charge in [0.1, 0.15) is 0 Å². The quantitative estimate of drug-likeness (QED) is 0.170. The van der Waals surface area contributed by atoms with Crippen molar-refractivity contribution >= 4 is 21.5 Å². The van der Waals surface area contributed by atoms with Crippen molar-refractivity contribution in [3.05, 3.63) is 182 Å². The molecule has 0 fully saturated rings. The van der Waals surface area contributed by atoms with Gasteiger partial charge < -0.3 is 0 Å². The van der Waals surface area contributed by atoms with Crippen molar-refractivity contribution in [2.45, 2.75) is 0 Å². The van der Waals surface area contributed by atoms with Gasteiger partial charge >= 0.3 is 0 Å². The lowest BCUT2D eigenvalue weighted by Gasteiger charge is -2.17. The molecule has 0 spiro atoms. The summed E-state index contributed by atoms with van der Waals surface area (Å²) in [6, 6.07) is 59.0. The van der Waals surface area contributed by atoms with Gasteiger partial charge in [-0.3, -0.25) is 4.98 Å². The first-order valence-electron chi connectivity index (χ1n) is 16.7. The third kappa shape index (κ3) is 5.39. The molecule has 234 valence electrons. The van der Waals surface area contributed by atoms with Gasteiger partial charge in [-0.15, -0.1) is 0 Å². The third-order valence-corrected chi connectivity index (χ3v) is 9.23. The van der Waals surface area contributed by atoms with Crippen molar-refractivity contribution < 1.29 is 0 Å². The van der Waals surface area contributed by atoms with E-state index in [1.807, 2.05) is 54.9 Å². The molecule has 7 aromatic carbocycles. The molecular weight excluding hydrogens is 609 g/mol. The van der Waals surface area contributed by atoms with Crippen LogP contribution in [0.15, 0.2) is 182 Å². The second-order valence-corrected chi connectivity index (χ2v) is 12.3. The van der Waals surface area contributed by atoms with E-state index in [1.165, 1.54) is 38.2 Å². The van der Waals surface area contributed by atoms with Crippen molar-refractivity contribution in [1.29, 1.82) is 0 Å². The number of fused-ring (bicyclic) bond motifs is 2. The summed E-state index contributed by atoms with van der Waals surface area (Å²) in [5.41, 5.74) is 9.78. The predicted molar refractivity (Wildman–Crippen MR) is 205 cm³/mol. The minimum absolute atomic E-state index is 0.634. The van der Waals surface area contributed by atoms with E-state index in [0.717, 1.165) is 33.4 Å². The number of nitrogens with zero attached hydrogens (tertiary/aromatic N) is 4. The summed E-state index contributed by atoms with van der Waals surface area (Å²) in [7, 11) is 0. The molecule has 0 saturated heterocycles. The molecule has 2 heterocycles. The molecule has 0 amide bonds. The Labute approximate surface area is 290 Å². The highest BCUT2D eigenvalue weighted by atomic mass is 15.0. The van der Waals surface area contributed by atoms with Crippen LogP contribution in [0.5, 0.6) is 0 Å². The van der Waals surface area contributed by atoms with Crippen LogP contribution in [0.25, 0.3) is 89.1 Å². The van der Waals surface area contributed by atoms with Crippen molar-refractivity contribution in [2.24, 2.45) is 0 Å². The highest BCUT2D eigenvalue weighted by Crippen LogP contribution is 2.43. The normalized spacial score (nSPS) is 11.2. The zero-order valence-electron chi connectivity index (χ0n) is 27.1. The predicted octanol–water partition coefficient (Wildman–Crippen LogP) is 11.6. The highest BCUT2D eigenvalue weighted by Gasteiger charge is 2.17. The molecule has 4 heteroatoms. The molecule has 0 aliphatic carbocycles. The Morgan fingerprint density at radius 2 is 0.600 bits per heavy atom. The van der Waals surface area contributed by atoms with E-state index in [9.17, 15) is 0 Å². The van der Waals surface area contributed by atoms with Crippen LogP contribution in [0, 0.1) is 0 Å². The topological polar surface area (TPSA) is 51.6 Å². The highest BCUT2D eigenvalue weighted by molar-refractivity contribution is 6.21. The third-order valence-electron chi connectivity index (χ3n) is 9.23. The lowest BCUT2D eigenvalue weighted by atomic mass is 9.86. The number of rotatable bonds is 6. The van der Waals surface area contributed by atoms with Crippen LogP contribution in [0.2, 0.25) is 0 Å². The molecule has 0 unspecified atom stereocenters. The van der Waals surface area contributed by atoms with Gasteiger partial charge in [-0.1, -0.05) is 164 Å². The number of pyridine rings is 1. The maximum Gasteiger partial charge on any atom is 0.164 e. The second kappa shape index (κ2) is 12.7. The maximum atomic E-state index is 5.02. The molecule has 0 atom stereocenters. The van der Waals surface area contributed by atoms with Crippen LogP contribution in [0.1, 0.15) is 0 Å². The van der Waals surface area contributed by atoms with E-state index < -0.39 is 0 Å². The number of benzene rings is 7. The van der Waals surface area contributed by atoms with E-state index in [4.69, 9.17) is 15.0 Å². The summed E-state index contributed by atoms with van der Waals surface area (Å²) in [5.74, 6) is 1.92. The minimum atomic E-state index is 0.634. The Kier molecular flexibility index (Phi) is 7.45. The fourth-order valence-electron chi connectivity index (χ4n) is 6.84. The number of hydrogen-bond acceptors (Lipinski definition) is 4. The Morgan fingerprint density at radius 3 is 1.06 bits per heavy atom. The molecule has 9 aromatic rings. The molecule has 50 heavy (non-hydrogen) atoms. The van der Waals surface area contributed by atoms with Gasteiger partial charge in [0.25, 0.3) is 0 Å². The van der Waals surface area contributed by atoms with Crippen molar-refractivity contribution in [3.63, 3.8) is 0 Å². The SMILES string of the molecule is c1ccc(-c2ccc(-c3nc(-c4ccccc4)nc(-c4ccc(-c5c6ccccc6c(-c6cccnc6)c6ccccc56)cc4)n3)cc2)cc1. The van der Waals surface area contributed by atoms with Gasteiger partial charge in [-0.2, -0.15) is 0 Å². The molecule has 2 aromatic heterocycles. The van der Waals surface area contributed by atoms with E-state index in [0.29, 0.717) is 17.5 Å². The van der Waals surface area contributed by atoms with Crippen LogP contribution in [-0.4, -0.2) is 19.9 Å². The molecule has 0 aliphatic heterocycles. The number of hydrogen-bond donors (Lipinski definition) is 0. The summed E-state index contributed by atoms with van der Waals surface area (Å²) >= 11 is 0. The van der Waals surface area contributed by atoms with E-state index in [2.05, 4.69) is 132 Å². The first-order valence-corrected chi connectivity index (χ1v) is 16.7. The van der Waals surface area contributed by atoms with Crippen LogP contribution < -0.4 is 0 Å². The zero-order chi connectivity index (χ0) is 33.3. The smallest absolute Gasteiger partial charge is 0.164 e. The van der Waals surface area contributed by atoms with Crippen LogP contribution >= 0.6 is 0 Å². The van der Waals surface area contributed by atoms with Gasteiger partial charge in [0.05, 0.1) is 0 Å².